The van der Waals surface area contributed by atoms with Gasteiger partial charge in [0, 0.05) is 24.5 Å². The van der Waals surface area contributed by atoms with Gasteiger partial charge in [0.05, 0.1) is 15.9 Å². The molecule has 4 nitrogen and oxygen atoms in total. The fourth-order valence-corrected chi connectivity index (χ4v) is 2.73. The summed E-state index contributed by atoms with van der Waals surface area (Å²) in [7, 11) is 4.15. The van der Waals surface area contributed by atoms with Crippen LogP contribution in [0.15, 0.2) is 4.47 Å². The first-order valence-electron chi connectivity index (χ1n) is 6.92. The van der Waals surface area contributed by atoms with Crippen LogP contribution in [0.3, 0.4) is 0 Å². The maximum atomic E-state index is 6.42. The number of likely N-dealkylation sites (N-methyl/N-ethyl adjacent to an activating group) is 1. The molecule has 1 aromatic heterocycles. The molecule has 1 heterocycles. The maximum absolute atomic E-state index is 6.42. The summed E-state index contributed by atoms with van der Waals surface area (Å²) < 4.78 is 3.19. The molecule has 1 rings (SSSR count). The SMILES string of the molecule is CCc1nn(CC)c(CC(N)C(C)(C)N(C)C)c1Br. The van der Waals surface area contributed by atoms with Crippen LogP contribution < -0.4 is 5.73 Å². The van der Waals surface area contributed by atoms with Crippen LogP contribution in [0.4, 0.5) is 0 Å². The largest absolute Gasteiger partial charge is 0.326 e. The minimum absolute atomic E-state index is 0.0470. The van der Waals surface area contributed by atoms with Crippen LogP contribution in [-0.2, 0) is 19.4 Å². The predicted molar refractivity (Wildman–Crippen MR) is 84.4 cm³/mol. The Morgan fingerprint density at radius 2 is 1.95 bits per heavy atom. The zero-order valence-corrected chi connectivity index (χ0v) is 14.6. The molecule has 0 spiro atoms. The van der Waals surface area contributed by atoms with Gasteiger partial charge in [0.25, 0.3) is 0 Å². The van der Waals surface area contributed by atoms with E-state index in [1.165, 1.54) is 5.69 Å². The lowest BCUT2D eigenvalue weighted by molar-refractivity contribution is 0.156. The van der Waals surface area contributed by atoms with Crippen LogP contribution in [0.5, 0.6) is 0 Å². The van der Waals surface area contributed by atoms with Gasteiger partial charge in [-0.1, -0.05) is 6.92 Å². The zero-order chi connectivity index (χ0) is 14.8. The van der Waals surface area contributed by atoms with Gasteiger partial charge < -0.3 is 10.6 Å². The third-order valence-electron chi connectivity index (χ3n) is 4.17. The summed E-state index contributed by atoms with van der Waals surface area (Å²) in [6.45, 7) is 9.48. The maximum Gasteiger partial charge on any atom is 0.0766 e. The standard InChI is InChI=1S/C14H27BrN4/c1-7-10-13(15)11(19(8-2)17-10)9-12(16)14(3,4)18(5)6/h12H,7-9,16H2,1-6H3. The first-order valence-corrected chi connectivity index (χ1v) is 7.72. The third-order valence-corrected chi connectivity index (χ3v) is 5.08. The fraction of sp³-hybridized carbons (Fsp3) is 0.786. The number of hydrogen-bond donors (Lipinski definition) is 1. The number of aryl methyl sites for hydroxylation is 2. The highest BCUT2D eigenvalue weighted by molar-refractivity contribution is 9.10. The molecule has 0 saturated heterocycles. The van der Waals surface area contributed by atoms with Gasteiger partial charge in [0.2, 0.25) is 0 Å². The molecule has 0 bridgehead atoms. The summed E-state index contributed by atoms with van der Waals surface area (Å²) in [5, 5.41) is 4.63. The molecule has 0 radical (unpaired) electrons. The van der Waals surface area contributed by atoms with E-state index in [0.29, 0.717) is 0 Å². The van der Waals surface area contributed by atoms with Crippen molar-refractivity contribution in [3.8, 4) is 0 Å². The number of aromatic nitrogens is 2. The second kappa shape index (κ2) is 6.37. The van der Waals surface area contributed by atoms with Gasteiger partial charge in [0.15, 0.2) is 0 Å². The highest BCUT2D eigenvalue weighted by Gasteiger charge is 2.30. The molecule has 19 heavy (non-hydrogen) atoms. The van der Waals surface area contributed by atoms with Crippen molar-refractivity contribution in [2.75, 3.05) is 14.1 Å². The topological polar surface area (TPSA) is 47.1 Å². The number of halogens is 1. The predicted octanol–water partition coefficient (Wildman–Crippen LogP) is 2.44. The van der Waals surface area contributed by atoms with Crippen LogP contribution in [0.1, 0.15) is 39.1 Å². The summed E-state index contributed by atoms with van der Waals surface area (Å²) in [6, 6.07) is 0.0607. The molecule has 0 aliphatic carbocycles. The van der Waals surface area contributed by atoms with Gasteiger partial charge in [-0.05, 0) is 57.2 Å². The highest BCUT2D eigenvalue weighted by Crippen LogP contribution is 2.26. The highest BCUT2D eigenvalue weighted by atomic mass is 79.9. The van der Waals surface area contributed by atoms with Crippen molar-refractivity contribution in [1.29, 1.82) is 0 Å². The van der Waals surface area contributed by atoms with E-state index in [-0.39, 0.29) is 11.6 Å². The quantitative estimate of drug-likeness (QED) is 0.871. The molecule has 0 fully saturated rings. The van der Waals surface area contributed by atoms with E-state index in [4.69, 9.17) is 5.73 Å². The van der Waals surface area contributed by atoms with E-state index in [9.17, 15) is 0 Å². The van der Waals surface area contributed by atoms with E-state index in [1.54, 1.807) is 0 Å². The Balaban J connectivity index is 3.02. The van der Waals surface area contributed by atoms with Crippen LogP contribution >= 0.6 is 15.9 Å². The lowest BCUT2D eigenvalue weighted by atomic mass is 9.90. The second-order valence-electron chi connectivity index (χ2n) is 5.74. The molecule has 0 saturated carbocycles. The molecular weight excluding hydrogens is 304 g/mol. The van der Waals surface area contributed by atoms with Crippen LogP contribution in [0.25, 0.3) is 0 Å². The number of rotatable bonds is 6. The Labute approximate surface area is 125 Å². The van der Waals surface area contributed by atoms with Crippen molar-refractivity contribution in [3.63, 3.8) is 0 Å². The average Bonchev–Trinajstić information content (AvgIpc) is 2.65. The molecule has 2 N–H and O–H groups in total. The molecular formula is C14H27BrN4. The Morgan fingerprint density at radius 1 is 1.37 bits per heavy atom. The van der Waals surface area contributed by atoms with E-state index in [0.717, 1.165) is 29.6 Å². The summed E-state index contributed by atoms with van der Waals surface area (Å²) in [4.78, 5) is 2.18. The molecule has 1 aromatic rings. The molecule has 0 amide bonds. The second-order valence-corrected chi connectivity index (χ2v) is 6.53. The molecule has 5 heteroatoms. The smallest absolute Gasteiger partial charge is 0.0766 e. The molecule has 1 atom stereocenters. The number of hydrogen-bond acceptors (Lipinski definition) is 3. The van der Waals surface area contributed by atoms with Crippen molar-refractivity contribution in [2.24, 2.45) is 5.73 Å². The molecule has 0 aliphatic heterocycles. The van der Waals surface area contributed by atoms with Gasteiger partial charge in [-0.3, -0.25) is 4.68 Å². The molecule has 0 aliphatic rings. The van der Waals surface area contributed by atoms with Crippen molar-refractivity contribution in [2.45, 2.75) is 58.7 Å². The number of nitrogens with two attached hydrogens (primary N) is 1. The van der Waals surface area contributed by atoms with Gasteiger partial charge in [-0.15, -0.1) is 0 Å². The summed E-state index contributed by atoms with van der Waals surface area (Å²) in [6.07, 6.45) is 1.76. The minimum Gasteiger partial charge on any atom is -0.326 e. The van der Waals surface area contributed by atoms with E-state index in [2.05, 4.69) is 72.4 Å². The molecule has 0 aromatic carbocycles. The van der Waals surface area contributed by atoms with Crippen molar-refractivity contribution in [1.82, 2.24) is 14.7 Å². The van der Waals surface area contributed by atoms with E-state index >= 15 is 0 Å². The summed E-state index contributed by atoms with van der Waals surface area (Å²) in [5.74, 6) is 0. The lowest BCUT2D eigenvalue weighted by Gasteiger charge is -2.38. The minimum atomic E-state index is -0.0470. The Kier molecular flexibility index (Phi) is 5.59. The Bertz CT molecular complexity index is 423. The van der Waals surface area contributed by atoms with Crippen molar-refractivity contribution >= 4 is 15.9 Å². The average molecular weight is 331 g/mol. The number of nitrogens with zero attached hydrogens (tertiary/aromatic N) is 3. The van der Waals surface area contributed by atoms with Gasteiger partial charge in [-0.2, -0.15) is 5.10 Å². The summed E-state index contributed by atoms with van der Waals surface area (Å²) >= 11 is 3.68. The third kappa shape index (κ3) is 3.38. The normalized spacial score (nSPS) is 14.2. The Morgan fingerprint density at radius 3 is 2.37 bits per heavy atom. The molecule has 1 unspecified atom stereocenters. The monoisotopic (exact) mass is 330 g/mol. The van der Waals surface area contributed by atoms with Crippen LogP contribution in [0, 0.1) is 0 Å². The Hall–Kier alpha value is -0.390. The van der Waals surface area contributed by atoms with Crippen molar-refractivity contribution in [3.05, 3.63) is 15.9 Å². The van der Waals surface area contributed by atoms with Crippen LogP contribution in [-0.4, -0.2) is 40.4 Å². The van der Waals surface area contributed by atoms with Gasteiger partial charge in [0.1, 0.15) is 0 Å². The fourth-order valence-electron chi connectivity index (χ4n) is 2.00. The first-order chi connectivity index (χ1) is 8.75. The van der Waals surface area contributed by atoms with Gasteiger partial charge >= 0.3 is 0 Å². The van der Waals surface area contributed by atoms with E-state index in [1.807, 2.05) is 0 Å². The van der Waals surface area contributed by atoms with Crippen molar-refractivity contribution < 1.29 is 0 Å². The zero-order valence-electron chi connectivity index (χ0n) is 13.0. The summed E-state index contributed by atoms with van der Waals surface area (Å²) in [5.41, 5.74) is 8.70. The van der Waals surface area contributed by atoms with E-state index < -0.39 is 0 Å². The molecule has 110 valence electrons. The lowest BCUT2D eigenvalue weighted by Crippen LogP contribution is -2.54. The first kappa shape index (κ1) is 16.7. The van der Waals surface area contributed by atoms with Gasteiger partial charge in [-0.25, -0.2) is 0 Å². The van der Waals surface area contributed by atoms with Crippen LogP contribution in [0.2, 0.25) is 0 Å².